The van der Waals surface area contributed by atoms with Gasteiger partial charge in [-0.15, -0.1) is 0 Å². The first-order valence-corrected chi connectivity index (χ1v) is 8.15. The number of aromatic hydroxyl groups is 2. The Hall–Kier alpha value is -3.69. The van der Waals surface area contributed by atoms with Gasteiger partial charge >= 0.3 is 5.97 Å². The number of hydrogen-bond donors (Lipinski definition) is 3. The molecule has 9 nitrogen and oxygen atoms in total. The molecule has 2 aromatic rings. The van der Waals surface area contributed by atoms with Crippen LogP contribution in [0.1, 0.15) is 22.8 Å². The average Bonchev–Trinajstić information content (AvgIpc) is 2.64. The number of nitrogens with one attached hydrogen (secondary N) is 1. The summed E-state index contributed by atoms with van der Waals surface area (Å²) in [7, 11) is 0. The maximum Gasteiger partial charge on any atom is 0.328 e. The van der Waals surface area contributed by atoms with Gasteiger partial charge in [0.1, 0.15) is 11.9 Å². The summed E-state index contributed by atoms with van der Waals surface area (Å²) in [6, 6.07) is 5.15. The van der Waals surface area contributed by atoms with Crippen molar-refractivity contribution in [3.05, 3.63) is 63.5 Å². The number of phenolic OH excluding ortho intramolecular Hbond substituents is 2. The van der Waals surface area contributed by atoms with Crippen molar-refractivity contribution in [2.45, 2.75) is 19.4 Å². The largest absolute Gasteiger partial charge is 0.504 e. The lowest BCUT2D eigenvalue weighted by Gasteiger charge is -2.18. The molecule has 2 aromatic carbocycles. The van der Waals surface area contributed by atoms with Gasteiger partial charge in [-0.05, 0) is 30.7 Å². The highest BCUT2D eigenvalue weighted by molar-refractivity contribution is 5.97. The number of carbonyl (C=O) groups is 2. The maximum atomic E-state index is 14.0. The van der Waals surface area contributed by atoms with Gasteiger partial charge in [0, 0.05) is 12.5 Å². The second kappa shape index (κ2) is 8.80. The van der Waals surface area contributed by atoms with Crippen molar-refractivity contribution >= 4 is 17.6 Å². The van der Waals surface area contributed by atoms with Crippen LogP contribution < -0.4 is 5.32 Å². The van der Waals surface area contributed by atoms with E-state index in [-0.39, 0.29) is 18.8 Å². The molecule has 1 atom stereocenters. The summed E-state index contributed by atoms with van der Waals surface area (Å²) < 4.78 is 18.9. The van der Waals surface area contributed by atoms with E-state index in [1.807, 2.05) is 0 Å². The minimum atomic E-state index is -1.22. The second-order valence-corrected chi connectivity index (χ2v) is 5.73. The van der Waals surface area contributed by atoms with Gasteiger partial charge in [0.15, 0.2) is 11.5 Å². The van der Waals surface area contributed by atoms with Crippen molar-refractivity contribution in [2.24, 2.45) is 0 Å². The van der Waals surface area contributed by atoms with Gasteiger partial charge in [0.2, 0.25) is 0 Å². The molecule has 0 saturated heterocycles. The highest BCUT2D eigenvalue weighted by atomic mass is 19.1. The van der Waals surface area contributed by atoms with Crippen molar-refractivity contribution < 1.29 is 33.9 Å². The third-order valence-electron chi connectivity index (χ3n) is 3.76. The number of hydrogen-bond acceptors (Lipinski definition) is 7. The zero-order valence-corrected chi connectivity index (χ0v) is 14.7. The van der Waals surface area contributed by atoms with E-state index in [2.05, 4.69) is 5.32 Å². The minimum Gasteiger partial charge on any atom is -0.504 e. The number of nitro groups is 1. The van der Waals surface area contributed by atoms with Crippen molar-refractivity contribution in [3.63, 3.8) is 0 Å². The van der Waals surface area contributed by atoms with Crippen molar-refractivity contribution in [3.8, 4) is 11.5 Å². The second-order valence-electron chi connectivity index (χ2n) is 5.73. The molecule has 0 saturated carbocycles. The van der Waals surface area contributed by atoms with E-state index in [1.54, 1.807) is 6.92 Å². The lowest BCUT2D eigenvalue weighted by Crippen LogP contribution is -2.43. The van der Waals surface area contributed by atoms with Crippen LogP contribution >= 0.6 is 0 Å². The van der Waals surface area contributed by atoms with E-state index in [1.165, 1.54) is 18.2 Å². The Kier molecular flexibility index (Phi) is 6.48. The Morgan fingerprint density at radius 1 is 1.21 bits per heavy atom. The number of rotatable bonds is 7. The van der Waals surface area contributed by atoms with E-state index < -0.39 is 45.7 Å². The number of carbonyl (C=O) groups excluding carboxylic acids is 2. The van der Waals surface area contributed by atoms with Gasteiger partial charge in [0.05, 0.1) is 23.2 Å². The zero-order chi connectivity index (χ0) is 20.8. The third-order valence-corrected chi connectivity index (χ3v) is 3.76. The van der Waals surface area contributed by atoms with E-state index in [0.717, 1.165) is 12.1 Å². The summed E-state index contributed by atoms with van der Waals surface area (Å²) in [4.78, 5) is 34.4. The topological polar surface area (TPSA) is 139 Å². The molecule has 3 N–H and O–H groups in total. The molecule has 0 heterocycles. The number of phenols is 2. The van der Waals surface area contributed by atoms with Crippen LogP contribution in [-0.2, 0) is 16.0 Å². The Bertz CT molecular complexity index is 917. The van der Waals surface area contributed by atoms with Crippen LogP contribution in [0.25, 0.3) is 0 Å². The summed E-state index contributed by atoms with van der Waals surface area (Å²) in [6.45, 7) is 1.61. The number of nitro benzene ring substituents is 1. The predicted molar refractivity (Wildman–Crippen MR) is 94.4 cm³/mol. The number of nitrogens with zero attached hydrogens (tertiary/aromatic N) is 1. The van der Waals surface area contributed by atoms with E-state index in [0.29, 0.717) is 11.6 Å². The number of non-ortho nitro benzene ring substituents is 1. The van der Waals surface area contributed by atoms with Crippen LogP contribution in [0.15, 0.2) is 36.4 Å². The summed E-state index contributed by atoms with van der Waals surface area (Å²) in [5.41, 5.74) is -0.596. The molecule has 0 unspecified atom stereocenters. The molecule has 0 aromatic heterocycles. The first kappa shape index (κ1) is 20.6. The van der Waals surface area contributed by atoms with Crippen LogP contribution in [0.3, 0.4) is 0 Å². The Labute approximate surface area is 158 Å². The molecule has 0 bridgehead atoms. The first-order valence-electron chi connectivity index (χ1n) is 8.15. The molecular formula is C18H17FN2O7. The monoisotopic (exact) mass is 392 g/mol. The molecule has 0 aliphatic heterocycles. The highest BCUT2D eigenvalue weighted by Crippen LogP contribution is 2.25. The summed E-state index contributed by atoms with van der Waals surface area (Å²) in [5.74, 6) is -3.63. The molecule has 2 rings (SSSR count). The molecule has 0 radical (unpaired) electrons. The van der Waals surface area contributed by atoms with Crippen LogP contribution in [0.4, 0.5) is 10.1 Å². The van der Waals surface area contributed by atoms with Gasteiger partial charge in [-0.25, -0.2) is 9.18 Å². The lowest BCUT2D eigenvalue weighted by atomic mass is 10.0. The van der Waals surface area contributed by atoms with Gasteiger partial charge in [-0.1, -0.05) is 6.07 Å². The SMILES string of the molecule is CCOC(=O)[C@H](Cc1ccc(O)c(O)c1)NC(=O)c1ccc([N+](=O)[O-])cc1F. The molecule has 0 spiro atoms. The number of halogens is 1. The average molecular weight is 392 g/mol. The summed E-state index contributed by atoms with van der Waals surface area (Å²) >= 11 is 0. The molecule has 0 aliphatic carbocycles. The maximum absolute atomic E-state index is 14.0. The molecule has 28 heavy (non-hydrogen) atoms. The Balaban J connectivity index is 2.24. The predicted octanol–water partition coefficient (Wildman–Crippen LogP) is 2.05. The summed E-state index contributed by atoms with van der Waals surface area (Å²) in [6.07, 6.45) is -0.104. The normalized spacial score (nSPS) is 11.5. The molecule has 0 fully saturated rings. The van der Waals surface area contributed by atoms with Gasteiger partial charge in [-0.3, -0.25) is 14.9 Å². The quantitative estimate of drug-likeness (QED) is 0.284. The van der Waals surface area contributed by atoms with Gasteiger partial charge < -0.3 is 20.3 Å². The van der Waals surface area contributed by atoms with Crippen LogP contribution in [0, 0.1) is 15.9 Å². The smallest absolute Gasteiger partial charge is 0.328 e. The van der Waals surface area contributed by atoms with Crippen LogP contribution in [0.5, 0.6) is 11.5 Å². The molecule has 0 aliphatic rings. The number of benzene rings is 2. The van der Waals surface area contributed by atoms with Gasteiger partial charge in [0.25, 0.3) is 11.6 Å². The lowest BCUT2D eigenvalue weighted by molar-refractivity contribution is -0.385. The van der Waals surface area contributed by atoms with E-state index in [9.17, 15) is 34.3 Å². The summed E-state index contributed by atoms with van der Waals surface area (Å²) in [5, 5.41) is 31.9. The number of ether oxygens (including phenoxy) is 1. The fourth-order valence-corrected chi connectivity index (χ4v) is 2.41. The fraction of sp³-hybridized carbons (Fsp3) is 0.222. The van der Waals surface area contributed by atoms with E-state index >= 15 is 0 Å². The molecule has 1 amide bonds. The highest BCUT2D eigenvalue weighted by Gasteiger charge is 2.25. The minimum absolute atomic E-state index is 0.0396. The molecular weight excluding hydrogens is 375 g/mol. The van der Waals surface area contributed by atoms with Gasteiger partial charge in [-0.2, -0.15) is 0 Å². The standard InChI is InChI=1S/C18H17FN2O7/c1-2-28-18(25)14(7-10-3-6-15(22)16(23)8-10)20-17(24)12-5-4-11(21(26)27)9-13(12)19/h3-6,8-9,14,22-23H,2,7H2,1H3,(H,20,24)/t14-/m0/s1. The van der Waals surface area contributed by atoms with E-state index in [4.69, 9.17) is 4.74 Å². The number of amides is 1. The molecule has 148 valence electrons. The van der Waals surface area contributed by atoms with Crippen LogP contribution in [0.2, 0.25) is 0 Å². The van der Waals surface area contributed by atoms with Crippen molar-refractivity contribution in [2.75, 3.05) is 6.61 Å². The number of esters is 1. The third kappa shape index (κ3) is 4.93. The Morgan fingerprint density at radius 2 is 1.93 bits per heavy atom. The Morgan fingerprint density at radius 3 is 2.50 bits per heavy atom. The van der Waals surface area contributed by atoms with Crippen molar-refractivity contribution in [1.29, 1.82) is 0 Å². The first-order chi connectivity index (χ1) is 13.2. The van der Waals surface area contributed by atoms with Crippen LogP contribution in [-0.4, -0.2) is 39.7 Å². The van der Waals surface area contributed by atoms with Crippen molar-refractivity contribution in [1.82, 2.24) is 5.32 Å². The zero-order valence-electron chi connectivity index (χ0n) is 14.7. The molecule has 10 heteroatoms. The fourth-order valence-electron chi connectivity index (χ4n) is 2.41.